The lowest BCUT2D eigenvalue weighted by atomic mass is 9.81. The summed E-state index contributed by atoms with van der Waals surface area (Å²) in [5, 5.41) is 0. The summed E-state index contributed by atoms with van der Waals surface area (Å²) in [5.74, 6) is 0.537. The van der Waals surface area contributed by atoms with E-state index < -0.39 is 8.32 Å². The van der Waals surface area contributed by atoms with Gasteiger partial charge >= 0.3 is 0 Å². The molecule has 0 aromatic heterocycles. The molecule has 0 amide bonds. The Balaban J connectivity index is -0.000000706. The van der Waals surface area contributed by atoms with Gasteiger partial charge < -0.3 is 4.43 Å². The molecule has 0 spiro atoms. The van der Waals surface area contributed by atoms with Crippen LogP contribution in [0.2, 0.25) is 19.1 Å². The first-order valence-corrected chi connectivity index (χ1v) is 21.3. The molecule has 5 nitrogen and oxygen atoms in total. The van der Waals surface area contributed by atoms with Crippen LogP contribution in [-0.2, 0) is 32.0 Å². The average molecular weight is 759 g/mol. The van der Waals surface area contributed by atoms with Crippen LogP contribution in [0.4, 0.5) is 0 Å². The summed E-state index contributed by atoms with van der Waals surface area (Å²) in [5.41, 5.74) is 6.84. The molecule has 6 heteroatoms. The molecule has 0 saturated carbocycles. The van der Waals surface area contributed by atoms with Crippen LogP contribution in [0.5, 0.6) is 0 Å². The van der Waals surface area contributed by atoms with Gasteiger partial charge in [-0.05, 0) is 153 Å². The highest BCUT2D eigenvalue weighted by molar-refractivity contribution is 6.71. The Morgan fingerprint density at radius 3 is 1.19 bits per heavy atom. The lowest BCUT2D eigenvalue weighted by Crippen LogP contribution is -2.30. The van der Waals surface area contributed by atoms with Gasteiger partial charge in [0, 0.05) is 7.11 Å². The van der Waals surface area contributed by atoms with Crippen molar-refractivity contribution in [1.29, 1.82) is 0 Å². The summed E-state index contributed by atoms with van der Waals surface area (Å²) in [4.78, 5) is 16.6. The number of hydrogen-bond acceptors (Lipinski definition) is 5. The van der Waals surface area contributed by atoms with E-state index in [-0.39, 0.29) is 49.9 Å². The lowest BCUT2D eigenvalue weighted by molar-refractivity contribution is 0.400. The molecule has 0 aliphatic heterocycles. The van der Waals surface area contributed by atoms with Crippen molar-refractivity contribution in [3.05, 3.63) is 106 Å². The zero-order valence-corrected chi connectivity index (χ0v) is 35.9. The monoisotopic (exact) mass is 759 g/mol. The Bertz CT molecular complexity index is 1530. The van der Waals surface area contributed by atoms with Crippen LogP contribution in [-0.4, -0.2) is 42.3 Å². The molecular formula is C48H82N4OSi. The minimum atomic E-state index is -1.51. The minimum Gasteiger partial charge on any atom is -0.420 e. The molecule has 0 fully saturated rings. The fourth-order valence-electron chi connectivity index (χ4n) is 5.34. The number of aliphatic imine (C=N–C) groups is 4. The molecule has 0 heterocycles. The Labute approximate surface area is 336 Å². The van der Waals surface area contributed by atoms with Gasteiger partial charge in [-0.1, -0.05) is 123 Å². The maximum absolute atomic E-state index is 5.64. The Hall–Kier alpha value is -3.48. The minimum absolute atomic E-state index is 0. The van der Waals surface area contributed by atoms with Gasteiger partial charge in [-0.3, -0.25) is 20.0 Å². The largest absolute Gasteiger partial charge is 0.420 e. The molecule has 0 aliphatic carbocycles. The normalized spacial score (nSPS) is 12.4. The van der Waals surface area contributed by atoms with E-state index in [4.69, 9.17) is 4.43 Å². The predicted octanol–water partition coefficient (Wildman–Crippen LogP) is 14.4. The Morgan fingerprint density at radius 2 is 0.870 bits per heavy atom. The summed E-state index contributed by atoms with van der Waals surface area (Å²) in [6.07, 6.45) is 1.15. The fraction of sp³-hybridized carbons (Fsp3) is 0.542. The molecule has 0 aliphatic rings. The van der Waals surface area contributed by atoms with Gasteiger partial charge in [-0.2, -0.15) is 0 Å². The molecule has 0 N–H and O–H groups in total. The Kier molecular flexibility index (Phi) is 22.5. The molecule has 1 atom stereocenters. The average Bonchev–Trinajstić information content (AvgIpc) is 3.12. The molecule has 0 bridgehead atoms. The van der Waals surface area contributed by atoms with Crippen LogP contribution in [0.15, 0.2) is 92.8 Å². The van der Waals surface area contributed by atoms with E-state index in [1.165, 1.54) is 22.3 Å². The van der Waals surface area contributed by atoms with E-state index in [1.54, 1.807) is 0 Å². The zero-order chi connectivity index (χ0) is 39.5. The highest BCUT2D eigenvalue weighted by Crippen LogP contribution is 2.32. The van der Waals surface area contributed by atoms with Crippen molar-refractivity contribution in [2.45, 2.75) is 164 Å². The van der Waals surface area contributed by atoms with E-state index in [1.807, 2.05) is 40.9 Å². The lowest BCUT2D eigenvalue weighted by Gasteiger charge is -2.25. The first-order valence-electron chi connectivity index (χ1n) is 18.2. The zero-order valence-electron chi connectivity index (χ0n) is 34.9. The van der Waals surface area contributed by atoms with Gasteiger partial charge in [0.05, 0.1) is 22.2 Å². The van der Waals surface area contributed by atoms with Gasteiger partial charge in [-0.15, -0.1) is 0 Å². The van der Waals surface area contributed by atoms with Crippen LogP contribution < -0.4 is 0 Å². The van der Waals surface area contributed by atoms with Gasteiger partial charge in [0.15, 0.2) is 8.32 Å². The summed E-state index contributed by atoms with van der Waals surface area (Å²) in [6, 6.07) is 27.0. The second kappa shape index (κ2) is 22.2. The molecule has 0 saturated heterocycles. The molecule has 0 radical (unpaired) electrons. The van der Waals surface area contributed by atoms with Crippen LogP contribution >= 0.6 is 0 Å². The molecule has 3 rings (SSSR count). The number of benzene rings is 3. The molecule has 1 unspecified atom stereocenters. The van der Waals surface area contributed by atoms with Crippen molar-refractivity contribution in [2.24, 2.45) is 20.0 Å². The molecule has 54 heavy (non-hydrogen) atoms. The van der Waals surface area contributed by atoms with Crippen LogP contribution in [0.1, 0.15) is 151 Å². The van der Waals surface area contributed by atoms with Crippen molar-refractivity contribution in [1.82, 2.24) is 0 Å². The summed E-state index contributed by atoms with van der Waals surface area (Å²) < 4.78 is 5.64. The third-order valence-electron chi connectivity index (χ3n) is 10.6. The van der Waals surface area contributed by atoms with E-state index in [0.717, 1.165) is 23.6 Å². The van der Waals surface area contributed by atoms with E-state index in [0.29, 0.717) is 5.92 Å². The third kappa shape index (κ3) is 15.7. The molecular weight excluding hydrogens is 677 g/mol. The van der Waals surface area contributed by atoms with Crippen molar-refractivity contribution >= 4 is 35.2 Å². The van der Waals surface area contributed by atoms with E-state index >= 15 is 0 Å². The summed E-state index contributed by atoms with van der Waals surface area (Å²) >= 11 is 0. The summed E-state index contributed by atoms with van der Waals surface area (Å²) in [6.45, 7) is 44.7. The quantitative estimate of drug-likeness (QED) is 0.119. The third-order valence-corrected chi connectivity index (χ3v) is 13.4. The van der Waals surface area contributed by atoms with Crippen molar-refractivity contribution in [3.63, 3.8) is 0 Å². The smallest absolute Gasteiger partial charge is 0.186 e. The van der Waals surface area contributed by atoms with Crippen LogP contribution in [0.3, 0.4) is 0 Å². The fourth-order valence-corrected chi connectivity index (χ4v) is 7.21. The predicted molar refractivity (Wildman–Crippen MR) is 251 cm³/mol. The van der Waals surface area contributed by atoms with Gasteiger partial charge in [-0.25, -0.2) is 0 Å². The highest BCUT2D eigenvalue weighted by Gasteiger charge is 2.26. The first-order chi connectivity index (χ1) is 23.4. The van der Waals surface area contributed by atoms with E-state index in [2.05, 4.69) is 182 Å². The topological polar surface area (TPSA) is 58.7 Å². The SMILES string of the molecule is C.C.C.C=NC(C)(C)c1ccc(C(C)(C)CC)cc1.C=NC(C)(C)c1ccc(C(C)C[Si](C)(C)OC)cc1.C=NC(C)(C)c1cccc(C(C)(C)N=C)c1. The standard InChI is InChI=1S/C16H27NOSi.C15H23N.C14H20N2.3CH4/c1-13(12-19(6,7)18-5)14-8-10-15(11-9-14)16(2,3)17-4;1-7-14(2,3)12-8-10-13(11-9-12)15(4,5)16-6;1-13(2,15-5)11-8-7-9-12(10-11)14(3,4)16-6;;;/h8-11,13H,4,12H2,1-3,5-7H3;8-11H,6-7H2,1-5H3;7-10H,5-6H2,1-4H3;3*1H4. The second-order valence-corrected chi connectivity index (χ2v) is 21.3. The maximum atomic E-state index is 5.64. The van der Waals surface area contributed by atoms with Crippen molar-refractivity contribution in [2.75, 3.05) is 7.11 Å². The van der Waals surface area contributed by atoms with Gasteiger partial charge in [0.1, 0.15) is 0 Å². The van der Waals surface area contributed by atoms with Crippen molar-refractivity contribution in [3.8, 4) is 0 Å². The van der Waals surface area contributed by atoms with Crippen LogP contribution in [0.25, 0.3) is 0 Å². The Morgan fingerprint density at radius 1 is 0.556 bits per heavy atom. The molecule has 3 aromatic rings. The first kappa shape index (κ1) is 54.9. The van der Waals surface area contributed by atoms with Crippen LogP contribution in [0, 0.1) is 0 Å². The van der Waals surface area contributed by atoms with Gasteiger partial charge in [0.2, 0.25) is 0 Å². The second-order valence-electron chi connectivity index (χ2n) is 17.0. The van der Waals surface area contributed by atoms with Crippen molar-refractivity contribution < 1.29 is 4.43 Å². The van der Waals surface area contributed by atoms with Gasteiger partial charge in [0.25, 0.3) is 0 Å². The number of rotatable bonds is 14. The molecule has 3 aromatic carbocycles. The highest BCUT2D eigenvalue weighted by atomic mass is 28.4. The van der Waals surface area contributed by atoms with E-state index in [9.17, 15) is 0 Å². The summed E-state index contributed by atoms with van der Waals surface area (Å²) in [7, 11) is 0.325. The number of nitrogens with zero attached hydrogens (tertiary/aromatic N) is 4. The maximum Gasteiger partial charge on any atom is 0.186 e. The number of hydrogen-bond donors (Lipinski definition) is 0. The molecule has 304 valence electrons.